The molecule has 0 bridgehead atoms. The summed E-state index contributed by atoms with van der Waals surface area (Å²) in [5, 5.41) is 25.1. The molecule has 1 fully saturated rings. The van der Waals surface area contributed by atoms with Gasteiger partial charge in [-0.2, -0.15) is 0 Å². The molecule has 1 saturated heterocycles. The number of halogens is 2. The Labute approximate surface area is 270 Å². The molecule has 21 heteroatoms. The van der Waals surface area contributed by atoms with Crippen LogP contribution in [-0.4, -0.2) is 103 Å². The molecule has 0 radical (unpaired) electrons. The van der Waals surface area contributed by atoms with Crippen molar-refractivity contribution >= 4 is 92.8 Å². The standard InChI is InChI=1S/C23H25ClFN9O6S4/c24-17-13(32-23(28)44-17)14(33-40-4-2-25)18(36)31-15-19(37)34-16(21(38)39)12(8-42-20(15)34)43-10-1-3-29-5-11(10)41-7-9(6-35)30-22(26)27/h1,3,5,9,15,20,35H,2,4,6-8H2,(H2,28,32)(H,31,36)(H,38,39)(H4,26,27,30)/t9?,15-,20+/m1/s1. The number of anilines is 1. The van der Waals surface area contributed by atoms with Crippen molar-refractivity contribution in [1.29, 1.82) is 0 Å². The SMILES string of the molecule is NC(N)=NC(CO)CSc1cnccc1SC1=C(C(=O)O)N2C(=O)[C@@H](NC(=O)C(=NOCCF)c3nc(N)sc3Cl)[C@@H]2SC1. The number of β-lactam (4-membered cyclic amide) rings is 1. The molecule has 3 atom stereocenters. The maximum atomic E-state index is 13.2. The van der Waals surface area contributed by atoms with Crippen molar-refractivity contribution in [1.82, 2.24) is 20.2 Å². The van der Waals surface area contributed by atoms with Crippen LogP contribution in [0.2, 0.25) is 4.34 Å². The number of amides is 2. The predicted molar refractivity (Wildman–Crippen MR) is 167 cm³/mol. The minimum Gasteiger partial charge on any atom is -0.477 e. The topological polar surface area (TPSA) is 245 Å². The smallest absolute Gasteiger partial charge is 0.353 e. The third-order valence-electron chi connectivity index (χ3n) is 5.74. The summed E-state index contributed by atoms with van der Waals surface area (Å²) < 4.78 is 12.6. The zero-order valence-electron chi connectivity index (χ0n) is 22.4. The van der Waals surface area contributed by atoms with Crippen molar-refractivity contribution in [3.63, 3.8) is 0 Å². The number of alkyl halides is 1. The Morgan fingerprint density at radius 2 is 2.14 bits per heavy atom. The van der Waals surface area contributed by atoms with Gasteiger partial charge in [-0.05, 0) is 6.07 Å². The molecule has 0 spiro atoms. The minimum atomic E-state index is -1.32. The summed E-state index contributed by atoms with van der Waals surface area (Å²) in [5.41, 5.74) is 15.8. The predicted octanol–water partition coefficient (Wildman–Crippen LogP) is 0.679. The van der Waals surface area contributed by atoms with Gasteiger partial charge in [0.2, 0.25) is 0 Å². The van der Waals surface area contributed by atoms with Gasteiger partial charge in [-0.15, -0.1) is 23.5 Å². The van der Waals surface area contributed by atoms with Gasteiger partial charge in [-0.3, -0.25) is 19.5 Å². The zero-order chi connectivity index (χ0) is 32.0. The molecule has 1 unspecified atom stereocenters. The lowest BCUT2D eigenvalue weighted by molar-refractivity contribution is -0.150. The van der Waals surface area contributed by atoms with E-state index in [-0.39, 0.29) is 39.2 Å². The summed E-state index contributed by atoms with van der Waals surface area (Å²) in [6, 6.07) is 0.0411. The van der Waals surface area contributed by atoms with E-state index in [2.05, 4.69) is 25.4 Å². The van der Waals surface area contributed by atoms with E-state index in [1.165, 1.54) is 23.5 Å². The first-order valence-corrected chi connectivity index (χ1v) is 16.4. The molecule has 2 aromatic rings. The lowest BCUT2D eigenvalue weighted by atomic mass is 10.0. The van der Waals surface area contributed by atoms with E-state index in [4.69, 9.17) is 33.6 Å². The number of fused-ring (bicyclic) bond motifs is 1. The number of nitrogens with one attached hydrogen (secondary N) is 1. The fraction of sp³-hybridized carbons (Fsp3) is 0.348. The highest BCUT2D eigenvalue weighted by Crippen LogP contribution is 2.46. The molecule has 0 aliphatic carbocycles. The minimum absolute atomic E-state index is 0.0309. The van der Waals surface area contributed by atoms with Gasteiger partial charge in [0.25, 0.3) is 11.8 Å². The number of nitrogens with two attached hydrogens (primary N) is 3. The molecular formula is C23H25ClFN9O6S4. The molecule has 15 nitrogen and oxygen atoms in total. The fourth-order valence-corrected chi connectivity index (χ4v) is 8.49. The number of carboxylic acids is 1. The van der Waals surface area contributed by atoms with Crippen molar-refractivity contribution in [2.24, 2.45) is 21.6 Å². The summed E-state index contributed by atoms with van der Waals surface area (Å²) in [6.07, 6.45) is 3.14. The number of aliphatic hydroxyl groups excluding tert-OH is 1. The van der Waals surface area contributed by atoms with Crippen molar-refractivity contribution in [3.05, 3.63) is 39.1 Å². The summed E-state index contributed by atoms with van der Waals surface area (Å²) in [7, 11) is 0. The number of oxime groups is 1. The normalized spacial score (nSPS) is 18.8. The molecule has 0 saturated carbocycles. The number of hydrogen-bond donors (Lipinski definition) is 6. The largest absolute Gasteiger partial charge is 0.477 e. The quantitative estimate of drug-likeness (QED) is 0.0395. The number of guanidine groups is 1. The molecule has 9 N–H and O–H groups in total. The maximum absolute atomic E-state index is 13.2. The number of carbonyl (C=O) groups is 3. The fourth-order valence-electron chi connectivity index (χ4n) is 3.90. The van der Waals surface area contributed by atoms with Gasteiger partial charge in [-0.1, -0.05) is 39.9 Å². The second-order valence-corrected chi connectivity index (χ2v) is 13.6. The van der Waals surface area contributed by atoms with Crippen molar-refractivity contribution < 1.29 is 33.8 Å². The van der Waals surface area contributed by atoms with E-state index in [0.717, 1.165) is 28.0 Å². The Morgan fingerprint density at radius 3 is 2.77 bits per heavy atom. The molecule has 2 amide bonds. The Bertz CT molecular complexity index is 1520. The van der Waals surface area contributed by atoms with E-state index >= 15 is 0 Å². The monoisotopic (exact) mass is 705 g/mol. The lowest BCUT2D eigenvalue weighted by Crippen LogP contribution is -2.71. The van der Waals surface area contributed by atoms with E-state index in [1.807, 2.05) is 0 Å². The number of carbonyl (C=O) groups excluding carboxylic acids is 2. The second-order valence-electron chi connectivity index (χ2n) is 8.70. The number of thiazole rings is 1. The number of thioether (sulfide) groups is 3. The molecular weight excluding hydrogens is 681 g/mol. The third-order valence-corrected chi connectivity index (χ3v) is 10.8. The molecule has 2 aliphatic rings. The number of pyridine rings is 1. The first-order chi connectivity index (χ1) is 21.0. The van der Waals surface area contributed by atoms with Crippen LogP contribution >= 0.6 is 58.2 Å². The average molecular weight is 706 g/mol. The van der Waals surface area contributed by atoms with E-state index < -0.39 is 54.2 Å². The molecule has 2 aliphatic heterocycles. The number of rotatable bonds is 14. The van der Waals surface area contributed by atoms with Crippen LogP contribution in [0.15, 0.2) is 49.0 Å². The molecule has 0 aromatic carbocycles. The van der Waals surface area contributed by atoms with Crippen molar-refractivity contribution in [3.8, 4) is 0 Å². The molecule has 236 valence electrons. The average Bonchev–Trinajstić information content (AvgIpc) is 3.32. The van der Waals surface area contributed by atoms with Crippen LogP contribution in [0.5, 0.6) is 0 Å². The van der Waals surface area contributed by atoms with Crippen LogP contribution in [0, 0.1) is 0 Å². The summed E-state index contributed by atoms with van der Waals surface area (Å²) in [4.78, 5) is 58.6. The Hall–Kier alpha value is -3.30. The molecule has 2 aromatic heterocycles. The van der Waals surface area contributed by atoms with Crippen LogP contribution < -0.4 is 22.5 Å². The number of nitrogens with zero attached hydrogens (tertiary/aromatic N) is 5. The van der Waals surface area contributed by atoms with Crippen LogP contribution in [0.25, 0.3) is 0 Å². The van der Waals surface area contributed by atoms with Gasteiger partial charge in [0.15, 0.2) is 16.8 Å². The third kappa shape index (κ3) is 7.67. The first kappa shape index (κ1) is 33.6. The van der Waals surface area contributed by atoms with Crippen LogP contribution in [0.3, 0.4) is 0 Å². The Balaban J connectivity index is 1.52. The summed E-state index contributed by atoms with van der Waals surface area (Å²) >= 11 is 10.8. The van der Waals surface area contributed by atoms with Crippen molar-refractivity contribution in [2.75, 3.05) is 37.1 Å². The number of aliphatic carboxylic acids is 1. The summed E-state index contributed by atoms with van der Waals surface area (Å²) in [5.74, 6) is -2.50. The van der Waals surface area contributed by atoms with Crippen LogP contribution in [-0.2, 0) is 19.2 Å². The Kier molecular flexibility index (Phi) is 11.5. The lowest BCUT2D eigenvalue weighted by Gasteiger charge is -2.49. The van der Waals surface area contributed by atoms with Gasteiger partial charge in [0.1, 0.15) is 40.4 Å². The van der Waals surface area contributed by atoms with Crippen LogP contribution in [0.4, 0.5) is 9.52 Å². The highest BCUT2D eigenvalue weighted by Gasteiger charge is 2.54. The van der Waals surface area contributed by atoms with E-state index in [9.17, 15) is 29.0 Å². The van der Waals surface area contributed by atoms with Gasteiger partial charge in [0.05, 0.1) is 12.6 Å². The van der Waals surface area contributed by atoms with Gasteiger partial charge < -0.3 is 37.6 Å². The number of aliphatic hydroxyl groups is 1. The van der Waals surface area contributed by atoms with E-state index in [0.29, 0.717) is 20.4 Å². The number of hydrogen-bond acceptors (Lipinski definition) is 14. The molecule has 4 rings (SSSR count). The second kappa shape index (κ2) is 15.1. The zero-order valence-corrected chi connectivity index (χ0v) is 26.4. The van der Waals surface area contributed by atoms with Gasteiger partial charge >= 0.3 is 5.97 Å². The first-order valence-electron chi connectivity index (χ1n) is 12.4. The molecule has 4 heterocycles. The Morgan fingerprint density at radius 1 is 1.36 bits per heavy atom. The highest BCUT2D eigenvalue weighted by molar-refractivity contribution is 8.07. The van der Waals surface area contributed by atoms with Gasteiger partial charge in [0, 0.05) is 38.6 Å². The number of aromatic nitrogens is 2. The summed E-state index contributed by atoms with van der Waals surface area (Å²) in [6.45, 7) is -1.59. The maximum Gasteiger partial charge on any atom is 0.353 e. The van der Waals surface area contributed by atoms with Gasteiger partial charge in [-0.25, -0.2) is 19.2 Å². The number of carboxylic acid groups (broad SMARTS) is 1. The van der Waals surface area contributed by atoms with Crippen molar-refractivity contribution in [2.45, 2.75) is 27.2 Å². The number of nitrogen functional groups attached to an aromatic ring is 1. The highest BCUT2D eigenvalue weighted by atomic mass is 35.5. The number of aliphatic imine (C=N–C) groups is 1. The van der Waals surface area contributed by atoms with E-state index in [1.54, 1.807) is 18.5 Å². The van der Waals surface area contributed by atoms with Crippen LogP contribution in [0.1, 0.15) is 5.69 Å². The molecule has 44 heavy (non-hydrogen) atoms.